The summed E-state index contributed by atoms with van der Waals surface area (Å²) in [7, 11) is 0. The minimum absolute atomic E-state index is 0.0200. The van der Waals surface area contributed by atoms with E-state index >= 15 is 0 Å². The Bertz CT molecular complexity index is 842. The van der Waals surface area contributed by atoms with Crippen LogP contribution in [-0.2, 0) is 24.2 Å². The smallest absolute Gasteiger partial charge is 0.226 e. The lowest BCUT2D eigenvalue weighted by Gasteiger charge is -2.24. The standard InChI is InChI=1S/C17H17N5OS/c23-16(20-13-3-4-15-19-6-7-22(15)10-13)8-14-11-24-17(21-14)12-2-1-5-18-9-12/h1-2,5-7,9,11,13H,3-4,8,10H2,(H,20,23)/t13-/m1/s1. The molecule has 1 atom stereocenters. The summed E-state index contributed by atoms with van der Waals surface area (Å²) in [6, 6.07) is 4.02. The first-order valence-corrected chi connectivity index (χ1v) is 8.80. The highest BCUT2D eigenvalue weighted by Crippen LogP contribution is 2.22. The maximum Gasteiger partial charge on any atom is 0.226 e. The molecule has 0 saturated carbocycles. The molecule has 1 aliphatic heterocycles. The molecular formula is C17H17N5OS. The lowest BCUT2D eigenvalue weighted by Crippen LogP contribution is -2.41. The SMILES string of the molecule is O=C(Cc1csc(-c2cccnc2)n1)N[C@@H]1CCc2nccn2C1. The van der Waals surface area contributed by atoms with Crippen molar-refractivity contribution in [2.24, 2.45) is 0 Å². The summed E-state index contributed by atoms with van der Waals surface area (Å²) in [5, 5.41) is 5.95. The third-order valence-electron chi connectivity index (χ3n) is 4.10. The predicted octanol–water partition coefficient (Wildman–Crippen LogP) is 2.08. The van der Waals surface area contributed by atoms with Gasteiger partial charge in [-0.3, -0.25) is 9.78 Å². The number of rotatable bonds is 4. The molecule has 0 unspecified atom stereocenters. The van der Waals surface area contributed by atoms with Crippen LogP contribution >= 0.6 is 11.3 Å². The monoisotopic (exact) mass is 339 g/mol. The van der Waals surface area contributed by atoms with Gasteiger partial charge < -0.3 is 9.88 Å². The lowest BCUT2D eigenvalue weighted by molar-refractivity contribution is -0.121. The number of aromatic nitrogens is 4. The van der Waals surface area contributed by atoms with Gasteiger partial charge in [0.25, 0.3) is 0 Å². The van der Waals surface area contributed by atoms with Gasteiger partial charge >= 0.3 is 0 Å². The van der Waals surface area contributed by atoms with Crippen LogP contribution in [0, 0.1) is 0 Å². The van der Waals surface area contributed by atoms with E-state index in [-0.39, 0.29) is 11.9 Å². The van der Waals surface area contributed by atoms with Gasteiger partial charge in [0.15, 0.2) is 0 Å². The van der Waals surface area contributed by atoms with Crippen LogP contribution in [0.5, 0.6) is 0 Å². The maximum absolute atomic E-state index is 12.3. The topological polar surface area (TPSA) is 72.7 Å². The molecule has 0 aromatic carbocycles. The molecule has 0 saturated heterocycles. The Balaban J connectivity index is 1.36. The third-order valence-corrected chi connectivity index (χ3v) is 5.04. The highest BCUT2D eigenvalue weighted by Gasteiger charge is 2.20. The zero-order valence-corrected chi connectivity index (χ0v) is 13.9. The lowest BCUT2D eigenvalue weighted by atomic mass is 10.1. The first-order chi connectivity index (χ1) is 11.8. The summed E-state index contributed by atoms with van der Waals surface area (Å²) in [6.07, 6.45) is 9.45. The molecule has 122 valence electrons. The average Bonchev–Trinajstić information content (AvgIpc) is 3.24. The van der Waals surface area contributed by atoms with Gasteiger partial charge in [-0.05, 0) is 18.6 Å². The van der Waals surface area contributed by atoms with Crippen molar-refractivity contribution < 1.29 is 4.79 Å². The van der Waals surface area contributed by atoms with E-state index in [0.717, 1.165) is 41.5 Å². The summed E-state index contributed by atoms with van der Waals surface area (Å²) in [5.41, 5.74) is 1.78. The Kier molecular flexibility index (Phi) is 4.08. The second-order valence-corrected chi connectivity index (χ2v) is 6.72. The number of carbonyl (C=O) groups is 1. The van der Waals surface area contributed by atoms with E-state index in [1.807, 2.05) is 29.9 Å². The third kappa shape index (κ3) is 3.21. The van der Waals surface area contributed by atoms with Crippen LogP contribution < -0.4 is 5.32 Å². The molecule has 4 heterocycles. The molecule has 1 aliphatic rings. The van der Waals surface area contributed by atoms with Crippen molar-refractivity contribution >= 4 is 17.2 Å². The number of nitrogens with zero attached hydrogens (tertiary/aromatic N) is 4. The molecule has 3 aromatic rings. The van der Waals surface area contributed by atoms with Crippen LogP contribution in [0.3, 0.4) is 0 Å². The van der Waals surface area contributed by atoms with Crippen molar-refractivity contribution in [2.75, 3.05) is 0 Å². The fourth-order valence-electron chi connectivity index (χ4n) is 2.94. The number of pyridine rings is 1. The summed E-state index contributed by atoms with van der Waals surface area (Å²) in [5.74, 6) is 1.12. The summed E-state index contributed by atoms with van der Waals surface area (Å²) in [4.78, 5) is 25.2. The first-order valence-electron chi connectivity index (χ1n) is 7.92. The van der Waals surface area contributed by atoms with Crippen LogP contribution in [0.4, 0.5) is 0 Å². The second kappa shape index (κ2) is 6.52. The number of nitrogens with one attached hydrogen (secondary N) is 1. The van der Waals surface area contributed by atoms with Crippen molar-refractivity contribution in [1.29, 1.82) is 0 Å². The Labute approximate surface area is 143 Å². The minimum Gasteiger partial charge on any atom is -0.351 e. The molecule has 4 rings (SSSR count). The molecule has 0 bridgehead atoms. The molecule has 3 aromatic heterocycles. The number of hydrogen-bond acceptors (Lipinski definition) is 5. The normalized spacial score (nSPS) is 16.6. The Morgan fingerprint density at radius 3 is 3.25 bits per heavy atom. The van der Waals surface area contributed by atoms with E-state index in [9.17, 15) is 4.79 Å². The van der Waals surface area contributed by atoms with E-state index in [4.69, 9.17) is 0 Å². The van der Waals surface area contributed by atoms with E-state index in [2.05, 4.69) is 24.8 Å². The van der Waals surface area contributed by atoms with Crippen molar-refractivity contribution in [3.63, 3.8) is 0 Å². The zero-order valence-electron chi connectivity index (χ0n) is 13.1. The molecule has 0 fully saturated rings. The summed E-state index contributed by atoms with van der Waals surface area (Å²) >= 11 is 1.54. The molecule has 0 spiro atoms. The average molecular weight is 339 g/mol. The molecule has 0 radical (unpaired) electrons. The highest BCUT2D eigenvalue weighted by molar-refractivity contribution is 7.13. The van der Waals surface area contributed by atoms with E-state index in [1.54, 1.807) is 12.4 Å². The van der Waals surface area contributed by atoms with Crippen LogP contribution in [0.25, 0.3) is 10.6 Å². The first kappa shape index (κ1) is 15.0. The summed E-state index contributed by atoms with van der Waals surface area (Å²) < 4.78 is 2.11. The number of imidazole rings is 1. The van der Waals surface area contributed by atoms with Crippen molar-refractivity contribution in [1.82, 2.24) is 24.8 Å². The highest BCUT2D eigenvalue weighted by atomic mass is 32.1. The van der Waals surface area contributed by atoms with Gasteiger partial charge in [0.2, 0.25) is 5.91 Å². The molecule has 0 aliphatic carbocycles. The molecular weight excluding hydrogens is 322 g/mol. The number of carbonyl (C=O) groups excluding carboxylic acids is 1. The van der Waals surface area contributed by atoms with Crippen LogP contribution in [0.1, 0.15) is 17.9 Å². The van der Waals surface area contributed by atoms with Crippen LogP contribution in [-0.4, -0.2) is 31.5 Å². The Morgan fingerprint density at radius 2 is 2.38 bits per heavy atom. The quantitative estimate of drug-likeness (QED) is 0.790. The maximum atomic E-state index is 12.3. The zero-order chi connectivity index (χ0) is 16.4. The Hall–Kier alpha value is -2.54. The van der Waals surface area contributed by atoms with Gasteiger partial charge in [-0.15, -0.1) is 11.3 Å². The fraction of sp³-hybridized carbons (Fsp3) is 0.294. The van der Waals surface area contributed by atoms with E-state index in [1.165, 1.54) is 11.3 Å². The number of thiazole rings is 1. The molecule has 24 heavy (non-hydrogen) atoms. The largest absolute Gasteiger partial charge is 0.351 e. The van der Waals surface area contributed by atoms with E-state index in [0.29, 0.717) is 6.42 Å². The van der Waals surface area contributed by atoms with Crippen molar-refractivity contribution in [2.45, 2.75) is 31.8 Å². The fourth-order valence-corrected chi connectivity index (χ4v) is 3.75. The van der Waals surface area contributed by atoms with Gasteiger partial charge in [0.1, 0.15) is 10.8 Å². The molecule has 6 nitrogen and oxygen atoms in total. The van der Waals surface area contributed by atoms with Crippen molar-refractivity contribution in [3.05, 3.63) is 53.8 Å². The van der Waals surface area contributed by atoms with Gasteiger partial charge in [0, 0.05) is 54.7 Å². The van der Waals surface area contributed by atoms with E-state index < -0.39 is 0 Å². The van der Waals surface area contributed by atoms with Gasteiger partial charge in [-0.2, -0.15) is 0 Å². The number of amides is 1. The number of aryl methyl sites for hydroxylation is 1. The number of hydrogen-bond donors (Lipinski definition) is 1. The van der Waals surface area contributed by atoms with Crippen LogP contribution in [0.2, 0.25) is 0 Å². The molecule has 1 amide bonds. The minimum atomic E-state index is 0.0200. The molecule has 1 N–H and O–H groups in total. The molecule has 7 heteroatoms. The van der Waals surface area contributed by atoms with Gasteiger partial charge in [-0.1, -0.05) is 0 Å². The van der Waals surface area contributed by atoms with Gasteiger partial charge in [0.05, 0.1) is 12.1 Å². The Morgan fingerprint density at radius 1 is 1.42 bits per heavy atom. The summed E-state index contributed by atoms with van der Waals surface area (Å²) in [6.45, 7) is 0.791. The van der Waals surface area contributed by atoms with Gasteiger partial charge in [-0.25, -0.2) is 9.97 Å². The second-order valence-electron chi connectivity index (χ2n) is 5.86. The van der Waals surface area contributed by atoms with Crippen LogP contribution in [0.15, 0.2) is 42.3 Å². The predicted molar refractivity (Wildman–Crippen MR) is 91.5 cm³/mol. The number of fused-ring (bicyclic) bond motifs is 1. The van der Waals surface area contributed by atoms with Crippen molar-refractivity contribution in [3.8, 4) is 10.6 Å².